The van der Waals surface area contributed by atoms with Crippen molar-refractivity contribution in [3.63, 3.8) is 0 Å². The zero-order valence-corrected chi connectivity index (χ0v) is 10.8. The molecule has 3 nitrogen and oxygen atoms in total. The molecule has 0 aromatic carbocycles. The largest absolute Gasteiger partial charge is 0 e. The van der Waals surface area contributed by atoms with Crippen LogP contribution in [-0.2, 0) is 43.8 Å². The van der Waals surface area contributed by atoms with E-state index in [1.807, 2.05) is 0 Å². The van der Waals surface area contributed by atoms with Crippen molar-refractivity contribution in [3.05, 3.63) is 0 Å². The molecule has 0 aliphatic carbocycles. The van der Waals surface area contributed by atoms with Gasteiger partial charge in [-0.1, -0.05) is 0 Å². The maximum atomic E-state index is 8.71. The first-order valence-electron chi connectivity index (χ1n) is 0.565. The molecule has 0 aliphatic rings. The third-order valence-electron chi connectivity index (χ3n) is 0. The van der Waals surface area contributed by atoms with Crippen molar-refractivity contribution in [3.8, 4) is 0 Å². The van der Waals surface area contributed by atoms with E-state index in [4.69, 9.17) is 10.1 Å². The van der Waals surface area contributed by atoms with E-state index in [1.165, 1.54) is 0 Å². The summed E-state index contributed by atoms with van der Waals surface area (Å²) in [6, 6.07) is 0. The molecule has 7 heteroatoms. The smallest absolute Gasteiger partial charge is 0 e. The summed E-state index contributed by atoms with van der Waals surface area (Å²) in [4.78, 5) is 0. The van der Waals surface area contributed by atoms with E-state index in [-0.39, 0.29) is 64.7 Å². The van der Waals surface area contributed by atoms with E-state index in [9.17, 15) is 0 Å². The minimum atomic E-state index is -3.95. The number of hydrogen-bond acceptors (Lipinski definition) is 2. The Hall–Kier alpha value is 2.40. The molecule has 0 rings (SSSR count). The average Bonchev–Trinajstić information content (AvgIpc) is 0.811. The van der Waals surface area contributed by atoms with E-state index in [0.29, 0.717) is 0 Å². The molecule has 0 heterocycles. The van der Waals surface area contributed by atoms with Gasteiger partial charge in [0.1, 0.15) is 0 Å². The summed E-state index contributed by atoms with van der Waals surface area (Å²) in [5, 5.41) is 0. The molecule has 0 amide bonds. The normalized spacial score (nSPS) is 3.57. The molecule has 0 saturated carbocycles. The standard InChI is InChI=1S/Li.Nb.H2O.2O.Tl.V.H/h;;1H2;;;;;/q;+1;;;;;;/p-1. The Labute approximate surface area is 92.1 Å². The van der Waals surface area contributed by atoms with Gasteiger partial charge in [-0.3, -0.25) is 0 Å². The molecule has 34 valence electrons. The van der Waals surface area contributed by atoms with Gasteiger partial charge in [-0.05, 0) is 0 Å². The SMILES string of the molecule is [LiH].[O]=[Nb](=[O])[OH].[Tl].[V]. The summed E-state index contributed by atoms with van der Waals surface area (Å²) in [7, 11) is 0. The summed E-state index contributed by atoms with van der Waals surface area (Å²) in [6.07, 6.45) is 0. The molecule has 0 aromatic heterocycles. The van der Waals surface area contributed by atoms with Crippen molar-refractivity contribution in [2.75, 3.05) is 0 Å². The molecule has 0 fully saturated rings. The van der Waals surface area contributed by atoms with Gasteiger partial charge in [-0.2, -0.15) is 0 Å². The molecule has 1 N–H and O–H groups in total. The molecular formula is H2LiNbO3TlV. The van der Waals surface area contributed by atoms with Crippen LogP contribution >= 0.6 is 0 Å². The fourth-order valence-corrected chi connectivity index (χ4v) is 0. The van der Waals surface area contributed by atoms with Crippen LogP contribution in [-0.4, -0.2) is 49.8 Å². The van der Waals surface area contributed by atoms with Gasteiger partial charge < -0.3 is 0 Å². The summed E-state index contributed by atoms with van der Waals surface area (Å²) in [6.45, 7) is 0. The quantitative estimate of drug-likeness (QED) is 0.483. The molecule has 0 aliphatic heterocycles. The van der Waals surface area contributed by atoms with Crippen LogP contribution in [0.25, 0.3) is 0 Å². The van der Waals surface area contributed by atoms with Crippen molar-refractivity contribution in [2.24, 2.45) is 0 Å². The maximum Gasteiger partial charge on any atom is 0 e. The van der Waals surface area contributed by atoms with Crippen LogP contribution in [0.3, 0.4) is 0 Å². The Morgan fingerprint density at radius 3 is 1.29 bits per heavy atom. The van der Waals surface area contributed by atoms with Crippen molar-refractivity contribution in [1.29, 1.82) is 0 Å². The predicted molar refractivity (Wildman–Crippen MR) is 16.5 cm³/mol. The van der Waals surface area contributed by atoms with Gasteiger partial charge in [-0.15, -0.1) is 0 Å². The van der Waals surface area contributed by atoms with Crippen molar-refractivity contribution < 1.29 is 47.5 Å². The molecule has 0 unspecified atom stereocenters. The second-order valence-corrected chi connectivity index (χ2v) is 1.41. The first kappa shape index (κ1) is 22.7. The summed E-state index contributed by atoms with van der Waals surface area (Å²) >= 11 is -3.95. The van der Waals surface area contributed by atoms with E-state index in [0.717, 1.165) is 0 Å². The zero-order chi connectivity index (χ0) is 3.58. The second kappa shape index (κ2) is 15.8. The van der Waals surface area contributed by atoms with E-state index in [2.05, 4.69) is 0 Å². The van der Waals surface area contributed by atoms with Crippen LogP contribution in [0.1, 0.15) is 0 Å². The van der Waals surface area contributed by atoms with E-state index in [1.54, 1.807) is 0 Å². The van der Waals surface area contributed by atoms with Crippen LogP contribution < -0.4 is 0 Å². The Kier molecular flexibility index (Phi) is 51.3. The fraction of sp³-hybridized carbons (Fsp3) is 0. The molecule has 0 spiro atoms. The molecule has 0 aromatic rings. The zero-order valence-electron chi connectivity index (χ0n) is 2.74. The van der Waals surface area contributed by atoms with Gasteiger partial charge >= 0.3 is 47.8 Å². The summed E-state index contributed by atoms with van der Waals surface area (Å²) < 4.78 is 24.6. The first-order valence-corrected chi connectivity index (χ1v) is 3.34. The molecule has 0 bridgehead atoms. The van der Waals surface area contributed by atoms with Crippen LogP contribution in [0.5, 0.6) is 0 Å². The van der Waals surface area contributed by atoms with Gasteiger partial charge in [0.25, 0.3) is 0 Å². The third kappa shape index (κ3) is 59.6. The van der Waals surface area contributed by atoms with E-state index >= 15 is 0 Å². The molecule has 7 heavy (non-hydrogen) atoms. The van der Waals surface area contributed by atoms with Crippen LogP contribution in [0, 0.1) is 0 Å². The monoisotopic (exact) mass is 406 g/mol. The summed E-state index contributed by atoms with van der Waals surface area (Å²) in [5.74, 6) is 0. The summed E-state index contributed by atoms with van der Waals surface area (Å²) in [5.41, 5.74) is 0. The minimum absolute atomic E-state index is 0. The minimum Gasteiger partial charge on any atom is 0 e. The second-order valence-electron chi connectivity index (χ2n) is 0.238. The topological polar surface area (TPSA) is 54.4 Å². The van der Waals surface area contributed by atoms with Gasteiger partial charge in [0.15, 0.2) is 0 Å². The van der Waals surface area contributed by atoms with Crippen LogP contribution in [0.4, 0.5) is 0 Å². The van der Waals surface area contributed by atoms with Crippen LogP contribution in [0.2, 0.25) is 0 Å². The van der Waals surface area contributed by atoms with Gasteiger partial charge in [0, 0.05) is 45.9 Å². The van der Waals surface area contributed by atoms with Gasteiger partial charge in [0.05, 0.1) is 0 Å². The van der Waals surface area contributed by atoms with Gasteiger partial charge in [-0.25, -0.2) is 0 Å². The number of hydrogen-bond donors (Lipinski definition) is 1. The van der Waals surface area contributed by atoms with Gasteiger partial charge in [0.2, 0.25) is 0 Å². The Bertz CT molecular complexity index is 63.3. The van der Waals surface area contributed by atoms with Crippen molar-refractivity contribution in [1.82, 2.24) is 0 Å². The average molecular weight is 405 g/mol. The number of rotatable bonds is 0. The predicted octanol–water partition coefficient (Wildman–Crippen LogP) is -1.83. The molecule has 0 atom stereocenters. The Balaban J connectivity index is -0.0000000150. The van der Waals surface area contributed by atoms with Crippen molar-refractivity contribution in [2.45, 2.75) is 0 Å². The maximum absolute atomic E-state index is 8.71. The molecule has 2 radical (unpaired) electrons. The Morgan fingerprint density at radius 1 is 1.29 bits per heavy atom. The van der Waals surface area contributed by atoms with E-state index < -0.39 is 18.8 Å². The molecular weight excluding hydrogens is 403 g/mol. The first-order chi connectivity index (χ1) is 1.73. The fourth-order valence-electron chi connectivity index (χ4n) is 0. The molecule has 0 saturated heterocycles. The third-order valence-corrected chi connectivity index (χ3v) is 0. The Morgan fingerprint density at radius 2 is 1.29 bits per heavy atom. The van der Waals surface area contributed by atoms with Crippen LogP contribution in [0.15, 0.2) is 0 Å². The van der Waals surface area contributed by atoms with Crippen molar-refractivity contribution >= 4 is 46.2 Å².